The quantitative estimate of drug-likeness (QED) is 0.633. The van der Waals surface area contributed by atoms with Crippen molar-refractivity contribution in [2.75, 3.05) is 37.9 Å². The molecule has 1 fully saturated rings. The number of ether oxygens (including phenoxy) is 2. The van der Waals surface area contributed by atoms with Crippen molar-refractivity contribution in [3.05, 3.63) is 0 Å². The van der Waals surface area contributed by atoms with E-state index >= 15 is 0 Å². The van der Waals surface area contributed by atoms with Crippen LogP contribution in [0.5, 0.6) is 0 Å². The molecule has 2 atom stereocenters. The number of hydrogen-bond donors (Lipinski definition) is 1. The first-order valence-electron chi connectivity index (χ1n) is 6.65. The highest BCUT2D eigenvalue weighted by Crippen LogP contribution is 2.18. The number of carbonyl (C=O) groups is 1. The summed E-state index contributed by atoms with van der Waals surface area (Å²) in [5, 5.41) is 3.17. The molecule has 1 aliphatic heterocycles. The number of rotatable bonds is 8. The predicted molar refractivity (Wildman–Crippen MR) is 71.7 cm³/mol. The Morgan fingerprint density at radius 1 is 1.47 bits per heavy atom. The Balaban J connectivity index is 2.58. The summed E-state index contributed by atoms with van der Waals surface area (Å²) in [7, 11) is -3.45. The fourth-order valence-electron chi connectivity index (χ4n) is 2.21. The standard InChI is InChI=1S/C12H23NO5S/c1-3-13-11(10-5-6-17-7-10)8-19(15,16)9-12(14)18-4-2/h10-11,13H,3-9H2,1-2H3. The number of hydrogen-bond acceptors (Lipinski definition) is 6. The van der Waals surface area contributed by atoms with E-state index < -0.39 is 21.6 Å². The van der Waals surface area contributed by atoms with Crippen molar-refractivity contribution in [2.24, 2.45) is 5.92 Å². The predicted octanol–water partition coefficient (Wildman–Crippen LogP) is -0.0211. The van der Waals surface area contributed by atoms with Crippen LogP contribution in [0.1, 0.15) is 20.3 Å². The number of esters is 1. The van der Waals surface area contributed by atoms with Gasteiger partial charge in [-0.05, 0) is 19.9 Å². The Labute approximate surface area is 114 Å². The lowest BCUT2D eigenvalue weighted by molar-refractivity contribution is -0.139. The molecule has 0 bridgehead atoms. The highest BCUT2D eigenvalue weighted by Gasteiger charge is 2.30. The molecule has 1 N–H and O–H groups in total. The molecule has 2 unspecified atom stereocenters. The van der Waals surface area contributed by atoms with Crippen LogP contribution in [0, 0.1) is 5.92 Å². The third-order valence-corrected chi connectivity index (χ3v) is 4.62. The van der Waals surface area contributed by atoms with Crippen LogP contribution in [0.3, 0.4) is 0 Å². The molecule has 0 aliphatic carbocycles. The molecule has 0 saturated carbocycles. The lowest BCUT2D eigenvalue weighted by atomic mass is 10.0. The van der Waals surface area contributed by atoms with E-state index in [-0.39, 0.29) is 24.3 Å². The van der Waals surface area contributed by atoms with Gasteiger partial charge < -0.3 is 14.8 Å². The topological polar surface area (TPSA) is 81.7 Å². The first-order chi connectivity index (χ1) is 8.98. The van der Waals surface area contributed by atoms with E-state index in [9.17, 15) is 13.2 Å². The normalized spacial score (nSPS) is 21.3. The van der Waals surface area contributed by atoms with Gasteiger partial charge in [0.25, 0.3) is 0 Å². The molecular weight excluding hydrogens is 270 g/mol. The Morgan fingerprint density at radius 3 is 2.74 bits per heavy atom. The molecular formula is C12H23NO5S. The van der Waals surface area contributed by atoms with E-state index in [1.165, 1.54) is 0 Å². The van der Waals surface area contributed by atoms with E-state index in [0.717, 1.165) is 6.42 Å². The molecule has 1 aliphatic rings. The third-order valence-electron chi connectivity index (χ3n) is 3.08. The zero-order valence-electron chi connectivity index (χ0n) is 11.6. The van der Waals surface area contributed by atoms with Crippen LogP contribution in [0.25, 0.3) is 0 Å². The van der Waals surface area contributed by atoms with Crippen LogP contribution in [0.15, 0.2) is 0 Å². The van der Waals surface area contributed by atoms with Crippen LogP contribution in [-0.2, 0) is 24.1 Å². The summed E-state index contributed by atoms with van der Waals surface area (Å²) in [6.07, 6.45) is 0.854. The SMILES string of the molecule is CCNC(CS(=O)(=O)CC(=O)OCC)C1CCOC1. The molecule has 19 heavy (non-hydrogen) atoms. The molecule has 112 valence electrons. The average molecular weight is 293 g/mol. The molecule has 7 heteroatoms. The Kier molecular flexibility index (Phi) is 6.74. The van der Waals surface area contributed by atoms with Gasteiger partial charge in [0, 0.05) is 18.6 Å². The van der Waals surface area contributed by atoms with Gasteiger partial charge in [0.15, 0.2) is 9.84 Å². The molecule has 0 radical (unpaired) electrons. The smallest absolute Gasteiger partial charge is 0.321 e. The second-order valence-electron chi connectivity index (χ2n) is 4.65. The summed E-state index contributed by atoms with van der Waals surface area (Å²) in [5.41, 5.74) is 0. The van der Waals surface area contributed by atoms with Crippen molar-refractivity contribution >= 4 is 15.8 Å². The van der Waals surface area contributed by atoms with Gasteiger partial charge in [-0.1, -0.05) is 6.92 Å². The lowest BCUT2D eigenvalue weighted by Gasteiger charge is -2.22. The molecule has 0 spiro atoms. The summed E-state index contributed by atoms with van der Waals surface area (Å²) in [4.78, 5) is 11.3. The number of carbonyl (C=O) groups excluding carboxylic acids is 1. The van der Waals surface area contributed by atoms with Gasteiger partial charge in [-0.25, -0.2) is 8.42 Å². The van der Waals surface area contributed by atoms with Crippen molar-refractivity contribution in [2.45, 2.75) is 26.3 Å². The minimum absolute atomic E-state index is 0.0479. The van der Waals surface area contributed by atoms with Crippen LogP contribution in [0.2, 0.25) is 0 Å². The summed E-state index contributed by atoms with van der Waals surface area (Å²) in [6, 6.07) is -0.160. The molecule has 1 heterocycles. The van der Waals surface area contributed by atoms with E-state index in [2.05, 4.69) is 10.1 Å². The highest BCUT2D eigenvalue weighted by molar-refractivity contribution is 7.92. The first-order valence-corrected chi connectivity index (χ1v) is 8.47. The maximum Gasteiger partial charge on any atom is 0.321 e. The van der Waals surface area contributed by atoms with Gasteiger partial charge >= 0.3 is 5.97 Å². The Morgan fingerprint density at radius 2 is 2.21 bits per heavy atom. The van der Waals surface area contributed by atoms with Crippen molar-refractivity contribution in [3.63, 3.8) is 0 Å². The van der Waals surface area contributed by atoms with Gasteiger partial charge in [-0.2, -0.15) is 0 Å². The van der Waals surface area contributed by atoms with Gasteiger partial charge in [0.05, 0.1) is 19.0 Å². The zero-order valence-corrected chi connectivity index (χ0v) is 12.4. The van der Waals surface area contributed by atoms with E-state index in [4.69, 9.17) is 4.74 Å². The second kappa shape index (κ2) is 7.81. The van der Waals surface area contributed by atoms with E-state index in [0.29, 0.717) is 19.8 Å². The molecule has 0 aromatic heterocycles. The van der Waals surface area contributed by atoms with E-state index in [1.807, 2.05) is 6.92 Å². The fraction of sp³-hybridized carbons (Fsp3) is 0.917. The van der Waals surface area contributed by atoms with Gasteiger partial charge in [0.1, 0.15) is 5.75 Å². The van der Waals surface area contributed by atoms with Gasteiger partial charge in [-0.3, -0.25) is 4.79 Å². The molecule has 6 nitrogen and oxygen atoms in total. The molecule has 0 amide bonds. The van der Waals surface area contributed by atoms with Crippen molar-refractivity contribution < 1.29 is 22.7 Å². The van der Waals surface area contributed by atoms with Gasteiger partial charge in [-0.15, -0.1) is 0 Å². The molecule has 0 aromatic rings. The second-order valence-corrected chi connectivity index (χ2v) is 6.76. The number of nitrogens with one attached hydrogen (secondary N) is 1. The van der Waals surface area contributed by atoms with Crippen LogP contribution in [0.4, 0.5) is 0 Å². The van der Waals surface area contributed by atoms with Crippen molar-refractivity contribution in [3.8, 4) is 0 Å². The van der Waals surface area contributed by atoms with Gasteiger partial charge in [0.2, 0.25) is 0 Å². The van der Waals surface area contributed by atoms with E-state index in [1.54, 1.807) is 6.92 Å². The molecule has 1 saturated heterocycles. The minimum Gasteiger partial charge on any atom is -0.465 e. The Hall–Kier alpha value is -0.660. The fourth-order valence-corrected chi connectivity index (χ4v) is 3.71. The largest absolute Gasteiger partial charge is 0.465 e. The van der Waals surface area contributed by atoms with Crippen LogP contribution in [-0.4, -0.2) is 58.3 Å². The van der Waals surface area contributed by atoms with Crippen molar-refractivity contribution in [1.82, 2.24) is 5.32 Å². The Bertz CT molecular complexity index is 376. The van der Waals surface area contributed by atoms with Crippen LogP contribution < -0.4 is 5.32 Å². The first kappa shape index (κ1) is 16.4. The minimum atomic E-state index is -3.45. The molecule has 0 aromatic carbocycles. The zero-order chi connectivity index (χ0) is 14.3. The lowest BCUT2D eigenvalue weighted by Crippen LogP contribution is -2.43. The highest BCUT2D eigenvalue weighted by atomic mass is 32.2. The van der Waals surface area contributed by atoms with Crippen molar-refractivity contribution in [1.29, 1.82) is 0 Å². The third kappa shape index (κ3) is 5.88. The summed E-state index contributed by atoms with van der Waals surface area (Å²) in [6.45, 7) is 5.72. The summed E-state index contributed by atoms with van der Waals surface area (Å²) >= 11 is 0. The monoisotopic (exact) mass is 293 g/mol. The number of sulfone groups is 1. The molecule has 1 rings (SSSR count). The maximum atomic E-state index is 12.0. The summed E-state index contributed by atoms with van der Waals surface area (Å²) in [5.74, 6) is -1.08. The summed E-state index contributed by atoms with van der Waals surface area (Å²) < 4.78 is 33.9. The maximum absolute atomic E-state index is 12.0. The average Bonchev–Trinajstić information content (AvgIpc) is 2.80. The van der Waals surface area contributed by atoms with Crippen LogP contribution >= 0.6 is 0 Å².